The van der Waals surface area contributed by atoms with Gasteiger partial charge in [0.25, 0.3) is 5.91 Å². The van der Waals surface area contributed by atoms with Crippen LogP contribution in [0.4, 0.5) is 5.69 Å². The van der Waals surface area contributed by atoms with Gasteiger partial charge < -0.3 is 24.4 Å². The first-order valence-electron chi connectivity index (χ1n) is 13.0. The van der Waals surface area contributed by atoms with Crippen LogP contribution in [0.3, 0.4) is 0 Å². The van der Waals surface area contributed by atoms with Crippen molar-refractivity contribution >= 4 is 29.0 Å². The third-order valence-corrected chi connectivity index (χ3v) is 6.69. The zero-order chi connectivity index (χ0) is 27.8. The van der Waals surface area contributed by atoms with Gasteiger partial charge in [0.15, 0.2) is 5.78 Å². The molecule has 39 heavy (non-hydrogen) atoms. The summed E-state index contributed by atoms with van der Waals surface area (Å²) >= 11 is 6.08. The summed E-state index contributed by atoms with van der Waals surface area (Å²) in [6.07, 6.45) is 0.630. The molecule has 0 saturated carbocycles. The molecule has 1 heterocycles. The van der Waals surface area contributed by atoms with E-state index in [-0.39, 0.29) is 17.4 Å². The van der Waals surface area contributed by atoms with Crippen LogP contribution in [0.15, 0.2) is 84.1 Å². The van der Waals surface area contributed by atoms with E-state index in [4.69, 9.17) is 25.8 Å². The number of nitrogens with zero attached hydrogens (tertiary/aromatic N) is 1. The quantitative estimate of drug-likeness (QED) is 0.199. The zero-order valence-electron chi connectivity index (χ0n) is 22.4. The summed E-state index contributed by atoms with van der Waals surface area (Å²) in [6.45, 7) is 5.93. The average molecular weight is 549 g/mol. The van der Waals surface area contributed by atoms with Crippen molar-refractivity contribution in [2.45, 2.75) is 26.3 Å². The fraction of sp³-hybridized carbons (Fsp3) is 0.290. The molecule has 0 bridgehead atoms. The Labute approximate surface area is 234 Å². The Morgan fingerprint density at radius 1 is 0.923 bits per heavy atom. The second-order valence-corrected chi connectivity index (χ2v) is 9.37. The van der Waals surface area contributed by atoms with Crippen LogP contribution in [0.2, 0.25) is 5.02 Å². The lowest BCUT2D eigenvalue weighted by Gasteiger charge is -2.27. The largest absolute Gasteiger partial charge is 0.497 e. The number of methoxy groups -OCH3 is 1. The minimum absolute atomic E-state index is 0.242. The molecule has 1 unspecified atom stereocenters. The van der Waals surface area contributed by atoms with Gasteiger partial charge in [0, 0.05) is 36.0 Å². The highest BCUT2D eigenvalue weighted by Crippen LogP contribution is 2.41. The number of Topliss-reactive ketones (excluding diaryl/α,β-unsaturated/α-hetero) is 1. The maximum atomic E-state index is 14.1. The first-order valence-corrected chi connectivity index (χ1v) is 13.4. The highest BCUT2D eigenvalue weighted by Gasteiger charge is 2.43. The summed E-state index contributed by atoms with van der Waals surface area (Å²) in [4.78, 5) is 29.9. The second kappa shape index (κ2) is 13.3. The van der Waals surface area contributed by atoms with E-state index >= 15 is 0 Å². The standard InChI is InChI=1S/C31H33ClN2O5/c1-4-38-20-6-19-34-29(21-7-17-26(18-8-21)39-5-2)27(30(35)22-9-15-25(37-3)16-10-22)28(31(34)36)33-24-13-11-23(32)12-14-24/h7-18,29,33H,4-6,19-20H2,1-3H3. The number of halogens is 1. The van der Waals surface area contributed by atoms with Crippen LogP contribution in [0.5, 0.6) is 11.5 Å². The van der Waals surface area contributed by atoms with E-state index in [1.54, 1.807) is 60.5 Å². The monoisotopic (exact) mass is 548 g/mol. The molecule has 3 aromatic carbocycles. The van der Waals surface area contributed by atoms with Gasteiger partial charge in [0.05, 0.1) is 25.3 Å². The van der Waals surface area contributed by atoms with Crippen molar-refractivity contribution in [3.8, 4) is 11.5 Å². The normalized spacial score (nSPS) is 15.0. The van der Waals surface area contributed by atoms with Crippen molar-refractivity contribution in [2.24, 2.45) is 0 Å². The van der Waals surface area contributed by atoms with E-state index < -0.39 is 6.04 Å². The Balaban J connectivity index is 1.81. The lowest BCUT2D eigenvalue weighted by Crippen LogP contribution is -2.33. The van der Waals surface area contributed by atoms with E-state index in [0.717, 1.165) is 11.3 Å². The van der Waals surface area contributed by atoms with Crippen molar-refractivity contribution in [2.75, 3.05) is 38.8 Å². The number of benzene rings is 3. The molecule has 0 aromatic heterocycles. The van der Waals surface area contributed by atoms with Crippen molar-refractivity contribution in [3.63, 3.8) is 0 Å². The molecule has 0 fully saturated rings. The molecule has 1 atom stereocenters. The number of amides is 1. The number of nitrogens with one attached hydrogen (secondary N) is 1. The van der Waals surface area contributed by atoms with E-state index in [9.17, 15) is 9.59 Å². The van der Waals surface area contributed by atoms with Crippen LogP contribution in [0.1, 0.15) is 42.2 Å². The van der Waals surface area contributed by atoms with Crippen LogP contribution in [0, 0.1) is 0 Å². The molecular formula is C31H33ClN2O5. The van der Waals surface area contributed by atoms with E-state index in [1.165, 1.54) is 0 Å². The minimum atomic E-state index is -0.598. The smallest absolute Gasteiger partial charge is 0.271 e. The lowest BCUT2D eigenvalue weighted by atomic mass is 9.92. The van der Waals surface area contributed by atoms with Gasteiger partial charge >= 0.3 is 0 Å². The molecule has 4 rings (SSSR count). The molecule has 8 heteroatoms. The summed E-state index contributed by atoms with van der Waals surface area (Å²) < 4.78 is 16.4. The fourth-order valence-electron chi connectivity index (χ4n) is 4.57. The molecule has 204 valence electrons. The maximum absolute atomic E-state index is 14.1. The first kappa shape index (κ1) is 28.2. The summed E-state index contributed by atoms with van der Waals surface area (Å²) in [5, 5.41) is 3.81. The van der Waals surface area contributed by atoms with Crippen molar-refractivity contribution in [3.05, 3.63) is 100 Å². The van der Waals surface area contributed by atoms with E-state index in [2.05, 4.69) is 5.32 Å². The van der Waals surface area contributed by atoms with Gasteiger partial charge in [-0.15, -0.1) is 0 Å². The molecule has 0 radical (unpaired) electrons. The van der Waals surface area contributed by atoms with Crippen LogP contribution >= 0.6 is 11.6 Å². The molecule has 7 nitrogen and oxygen atoms in total. The van der Waals surface area contributed by atoms with Gasteiger partial charge in [-0.2, -0.15) is 0 Å². The van der Waals surface area contributed by atoms with Crippen LogP contribution < -0.4 is 14.8 Å². The van der Waals surface area contributed by atoms with Gasteiger partial charge in [-0.05, 0) is 86.5 Å². The van der Waals surface area contributed by atoms with Crippen molar-refractivity contribution in [1.82, 2.24) is 4.90 Å². The third kappa shape index (κ3) is 6.61. The molecule has 1 aliphatic heterocycles. The summed E-state index contributed by atoms with van der Waals surface area (Å²) in [7, 11) is 1.57. The molecule has 0 saturated heterocycles. The molecule has 0 spiro atoms. The Morgan fingerprint density at radius 3 is 2.21 bits per heavy atom. The lowest BCUT2D eigenvalue weighted by molar-refractivity contribution is -0.127. The van der Waals surface area contributed by atoms with Crippen LogP contribution in [-0.2, 0) is 9.53 Å². The number of carbonyl (C=O) groups is 2. The molecule has 1 aliphatic rings. The predicted molar refractivity (Wildman–Crippen MR) is 153 cm³/mol. The maximum Gasteiger partial charge on any atom is 0.271 e. The number of anilines is 1. The highest BCUT2D eigenvalue weighted by molar-refractivity contribution is 6.30. The number of carbonyl (C=O) groups excluding carboxylic acids is 2. The Morgan fingerprint density at radius 2 is 1.59 bits per heavy atom. The van der Waals surface area contributed by atoms with Crippen molar-refractivity contribution < 1.29 is 23.8 Å². The van der Waals surface area contributed by atoms with Gasteiger partial charge in [0.1, 0.15) is 17.2 Å². The van der Waals surface area contributed by atoms with E-state index in [1.807, 2.05) is 38.1 Å². The fourth-order valence-corrected chi connectivity index (χ4v) is 4.70. The van der Waals surface area contributed by atoms with Gasteiger partial charge in [0.2, 0.25) is 0 Å². The topological polar surface area (TPSA) is 77.1 Å². The average Bonchev–Trinajstić information content (AvgIpc) is 3.23. The molecule has 1 N–H and O–H groups in total. The predicted octanol–water partition coefficient (Wildman–Crippen LogP) is 6.31. The minimum Gasteiger partial charge on any atom is -0.497 e. The van der Waals surface area contributed by atoms with E-state index in [0.29, 0.717) is 60.4 Å². The number of rotatable bonds is 13. The first-order chi connectivity index (χ1) is 19.0. The van der Waals surface area contributed by atoms with Gasteiger partial charge in [-0.1, -0.05) is 23.7 Å². The zero-order valence-corrected chi connectivity index (χ0v) is 23.2. The van der Waals surface area contributed by atoms with Crippen molar-refractivity contribution in [1.29, 1.82) is 0 Å². The SMILES string of the molecule is CCOCCCN1C(=O)C(Nc2ccc(Cl)cc2)=C(C(=O)c2ccc(OC)cc2)C1c1ccc(OCC)cc1. The Bertz CT molecular complexity index is 1300. The van der Waals surface area contributed by atoms with Crippen LogP contribution in [-0.4, -0.2) is 50.1 Å². The van der Waals surface area contributed by atoms with Gasteiger partial charge in [-0.25, -0.2) is 0 Å². The van der Waals surface area contributed by atoms with Gasteiger partial charge in [-0.3, -0.25) is 9.59 Å². The summed E-state index contributed by atoms with van der Waals surface area (Å²) in [5.74, 6) is 0.869. The Kier molecular flexibility index (Phi) is 9.63. The number of hydrogen-bond acceptors (Lipinski definition) is 6. The van der Waals surface area contributed by atoms with Crippen LogP contribution in [0.25, 0.3) is 0 Å². The molecule has 0 aliphatic carbocycles. The number of ether oxygens (including phenoxy) is 3. The molecular weight excluding hydrogens is 516 g/mol. The second-order valence-electron chi connectivity index (χ2n) is 8.93. The number of hydrogen-bond donors (Lipinski definition) is 1. The molecule has 3 aromatic rings. The summed E-state index contributed by atoms with van der Waals surface area (Å²) in [6, 6.07) is 20.9. The highest BCUT2D eigenvalue weighted by atomic mass is 35.5. The number of ketones is 1. The Hall–Kier alpha value is -3.81. The third-order valence-electron chi connectivity index (χ3n) is 6.44. The molecule has 1 amide bonds. The summed E-state index contributed by atoms with van der Waals surface area (Å²) in [5.41, 5.74) is 2.55.